The third-order valence-electron chi connectivity index (χ3n) is 3.43. The van der Waals surface area contributed by atoms with E-state index in [1.54, 1.807) is 6.07 Å². The zero-order valence-corrected chi connectivity index (χ0v) is 11.6. The molecular formula is C13H18Cl2O2. The van der Waals surface area contributed by atoms with Crippen LogP contribution in [0.25, 0.3) is 0 Å². The first-order chi connectivity index (χ1) is 7.96. The molecule has 0 heterocycles. The van der Waals surface area contributed by atoms with Gasteiger partial charge >= 0.3 is 0 Å². The van der Waals surface area contributed by atoms with Crippen LogP contribution < -0.4 is 0 Å². The Morgan fingerprint density at radius 2 is 1.76 bits per heavy atom. The lowest BCUT2D eigenvalue weighted by Crippen LogP contribution is -2.37. The van der Waals surface area contributed by atoms with E-state index < -0.39 is 5.41 Å². The van der Waals surface area contributed by atoms with Gasteiger partial charge in [0.05, 0.1) is 23.3 Å². The number of aliphatic hydroxyl groups is 2. The molecule has 0 fully saturated rings. The Morgan fingerprint density at radius 1 is 1.18 bits per heavy atom. The van der Waals surface area contributed by atoms with Gasteiger partial charge in [0.15, 0.2) is 0 Å². The number of hydrogen-bond acceptors (Lipinski definition) is 2. The number of halogens is 2. The summed E-state index contributed by atoms with van der Waals surface area (Å²) in [7, 11) is 0. The molecule has 1 rings (SSSR count). The largest absolute Gasteiger partial charge is 0.396 e. The molecule has 96 valence electrons. The number of rotatable bonds is 5. The van der Waals surface area contributed by atoms with E-state index in [-0.39, 0.29) is 19.1 Å². The minimum Gasteiger partial charge on any atom is -0.396 e. The van der Waals surface area contributed by atoms with Crippen LogP contribution in [-0.2, 0) is 6.42 Å². The molecular weight excluding hydrogens is 259 g/mol. The molecule has 4 heteroatoms. The molecule has 17 heavy (non-hydrogen) atoms. The fourth-order valence-electron chi connectivity index (χ4n) is 1.80. The van der Waals surface area contributed by atoms with Crippen molar-refractivity contribution in [1.82, 2.24) is 0 Å². The van der Waals surface area contributed by atoms with E-state index in [4.69, 9.17) is 23.2 Å². The summed E-state index contributed by atoms with van der Waals surface area (Å²) in [5.74, 6) is 0.146. The van der Waals surface area contributed by atoms with Gasteiger partial charge in [0.1, 0.15) is 0 Å². The maximum atomic E-state index is 9.53. The van der Waals surface area contributed by atoms with E-state index in [0.717, 1.165) is 5.56 Å². The van der Waals surface area contributed by atoms with E-state index in [0.29, 0.717) is 16.5 Å². The predicted octanol–water partition coefficient (Wildman–Crippen LogP) is 3.16. The van der Waals surface area contributed by atoms with Gasteiger partial charge in [-0.15, -0.1) is 0 Å². The van der Waals surface area contributed by atoms with Gasteiger partial charge in [-0.1, -0.05) is 49.2 Å². The summed E-state index contributed by atoms with van der Waals surface area (Å²) in [5.41, 5.74) is 0.296. The van der Waals surface area contributed by atoms with E-state index in [2.05, 4.69) is 0 Å². The van der Waals surface area contributed by atoms with E-state index in [1.165, 1.54) is 0 Å². The highest BCUT2D eigenvalue weighted by atomic mass is 35.5. The van der Waals surface area contributed by atoms with Crippen molar-refractivity contribution in [1.29, 1.82) is 0 Å². The van der Waals surface area contributed by atoms with Crippen LogP contribution in [0, 0.1) is 11.3 Å². The van der Waals surface area contributed by atoms with Crippen molar-refractivity contribution in [2.24, 2.45) is 11.3 Å². The van der Waals surface area contributed by atoms with E-state index in [1.807, 2.05) is 26.0 Å². The van der Waals surface area contributed by atoms with Crippen LogP contribution >= 0.6 is 23.2 Å². The van der Waals surface area contributed by atoms with Gasteiger partial charge in [0.2, 0.25) is 0 Å². The smallest absolute Gasteiger partial charge is 0.0624 e. The topological polar surface area (TPSA) is 40.5 Å². The Morgan fingerprint density at radius 3 is 2.24 bits per heavy atom. The second-order valence-electron chi connectivity index (χ2n) is 4.72. The summed E-state index contributed by atoms with van der Waals surface area (Å²) in [6.45, 7) is 3.80. The lowest BCUT2D eigenvalue weighted by atomic mass is 9.74. The number of benzene rings is 1. The van der Waals surface area contributed by atoms with Crippen LogP contribution in [0.3, 0.4) is 0 Å². The quantitative estimate of drug-likeness (QED) is 0.868. The molecule has 0 saturated heterocycles. The molecule has 0 amide bonds. The number of hydrogen-bond donors (Lipinski definition) is 2. The van der Waals surface area contributed by atoms with Crippen LogP contribution in [-0.4, -0.2) is 23.4 Å². The molecule has 1 aromatic rings. The lowest BCUT2D eigenvalue weighted by Gasteiger charge is -2.34. The predicted molar refractivity (Wildman–Crippen MR) is 71.6 cm³/mol. The van der Waals surface area contributed by atoms with Gasteiger partial charge in [-0.2, -0.15) is 0 Å². The summed E-state index contributed by atoms with van der Waals surface area (Å²) < 4.78 is 0. The Balaban J connectivity index is 3.06. The highest BCUT2D eigenvalue weighted by Crippen LogP contribution is 2.35. The normalized spacial score (nSPS) is 12.2. The first-order valence-corrected chi connectivity index (χ1v) is 6.37. The molecule has 2 N–H and O–H groups in total. The molecule has 0 aliphatic carbocycles. The average molecular weight is 277 g/mol. The third-order valence-corrected chi connectivity index (χ3v) is 4.29. The fourth-order valence-corrected chi connectivity index (χ4v) is 2.18. The van der Waals surface area contributed by atoms with Gasteiger partial charge in [0, 0.05) is 5.41 Å². The monoisotopic (exact) mass is 276 g/mol. The molecule has 0 bridgehead atoms. The van der Waals surface area contributed by atoms with Gasteiger partial charge in [0.25, 0.3) is 0 Å². The van der Waals surface area contributed by atoms with Crippen molar-refractivity contribution in [2.75, 3.05) is 13.2 Å². The minimum absolute atomic E-state index is 0.0794. The Hall–Kier alpha value is -0.280. The summed E-state index contributed by atoms with van der Waals surface area (Å²) in [6.07, 6.45) is 0.511. The van der Waals surface area contributed by atoms with Crippen LogP contribution in [0.1, 0.15) is 19.4 Å². The zero-order valence-electron chi connectivity index (χ0n) is 10.1. The number of aliphatic hydroxyl groups excluding tert-OH is 2. The molecule has 0 radical (unpaired) electrons. The molecule has 0 aliphatic rings. The first kappa shape index (κ1) is 14.8. The summed E-state index contributed by atoms with van der Waals surface area (Å²) in [4.78, 5) is 0. The Bertz CT molecular complexity index is 374. The summed E-state index contributed by atoms with van der Waals surface area (Å²) in [6, 6.07) is 5.42. The second kappa shape index (κ2) is 6.05. The summed E-state index contributed by atoms with van der Waals surface area (Å²) >= 11 is 12.1. The van der Waals surface area contributed by atoms with Crippen molar-refractivity contribution < 1.29 is 10.2 Å². The van der Waals surface area contributed by atoms with Crippen LogP contribution in [0.5, 0.6) is 0 Å². The molecule has 0 unspecified atom stereocenters. The van der Waals surface area contributed by atoms with E-state index in [9.17, 15) is 10.2 Å². The molecule has 0 aliphatic heterocycles. The van der Waals surface area contributed by atoms with Crippen LogP contribution in [0.15, 0.2) is 18.2 Å². The van der Waals surface area contributed by atoms with Crippen molar-refractivity contribution in [3.05, 3.63) is 33.8 Å². The molecule has 1 aromatic carbocycles. The zero-order chi connectivity index (χ0) is 13.1. The highest BCUT2D eigenvalue weighted by Gasteiger charge is 2.33. The fraction of sp³-hybridized carbons (Fsp3) is 0.538. The van der Waals surface area contributed by atoms with Gasteiger partial charge in [-0.25, -0.2) is 0 Å². The van der Waals surface area contributed by atoms with Crippen LogP contribution in [0.2, 0.25) is 10.0 Å². The van der Waals surface area contributed by atoms with Crippen molar-refractivity contribution in [3.8, 4) is 0 Å². The minimum atomic E-state index is -0.561. The first-order valence-electron chi connectivity index (χ1n) is 5.61. The van der Waals surface area contributed by atoms with Crippen LogP contribution in [0.4, 0.5) is 0 Å². The van der Waals surface area contributed by atoms with E-state index >= 15 is 0 Å². The van der Waals surface area contributed by atoms with Gasteiger partial charge in [-0.3, -0.25) is 0 Å². The second-order valence-corrected chi connectivity index (χ2v) is 5.51. The third kappa shape index (κ3) is 3.14. The average Bonchev–Trinajstić information content (AvgIpc) is 2.31. The van der Waals surface area contributed by atoms with Gasteiger partial charge in [-0.05, 0) is 24.0 Å². The van der Waals surface area contributed by atoms with Gasteiger partial charge < -0.3 is 10.2 Å². The molecule has 0 spiro atoms. The Labute approximate surface area is 112 Å². The Kier molecular flexibility index (Phi) is 5.26. The summed E-state index contributed by atoms with van der Waals surface area (Å²) in [5, 5.41) is 20.1. The highest BCUT2D eigenvalue weighted by molar-refractivity contribution is 6.42. The van der Waals surface area contributed by atoms with Crippen molar-refractivity contribution in [2.45, 2.75) is 20.3 Å². The maximum Gasteiger partial charge on any atom is 0.0624 e. The maximum absolute atomic E-state index is 9.53. The molecule has 0 saturated carbocycles. The molecule has 0 aromatic heterocycles. The standard InChI is InChI=1S/C13H18Cl2O2/c1-9(2)13(7-16,8-17)6-10-4-3-5-11(14)12(10)15/h3-5,9,16-17H,6-8H2,1-2H3. The molecule has 2 nitrogen and oxygen atoms in total. The van der Waals surface area contributed by atoms with Crippen molar-refractivity contribution in [3.63, 3.8) is 0 Å². The molecule has 0 atom stereocenters. The SMILES string of the molecule is CC(C)C(CO)(CO)Cc1cccc(Cl)c1Cl. The van der Waals surface area contributed by atoms with Crippen molar-refractivity contribution >= 4 is 23.2 Å². The lowest BCUT2D eigenvalue weighted by molar-refractivity contribution is 0.0163.